The Morgan fingerprint density at radius 1 is 1.23 bits per heavy atom. The maximum atomic E-state index is 13.2. The molecule has 0 radical (unpaired) electrons. The number of amides is 1. The van der Waals surface area contributed by atoms with E-state index in [1.54, 1.807) is 0 Å². The number of hydrogen-bond acceptors (Lipinski definition) is 4. The van der Waals surface area contributed by atoms with E-state index in [1.807, 2.05) is 0 Å². The Kier molecular flexibility index (Phi) is 4.66. The second-order valence-electron chi connectivity index (χ2n) is 7.21. The van der Waals surface area contributed by atoms with E-state index in [0.717, 1.165) is 38.5 Å². The lowest BCUT2D eigenvalue weighted by molar-refractivity contribution is -0.138. The van der Waals surface area contributed by atoms with Crippen LogP contribution in [0.4, 0.5) is 13.2 Å². The topological polar surface area (TPSA) is 44.8 Å². The maximum absolute atomic E-state index is 13.2. The molecule has 2 fully saturated rings. The Hall–Kier alpha value is -1.64. The van der Waals surface area contributed by atoms with Crippen molar-refractivity contribution in [3.8, 4) is 0 Å². The average Bonchev–Trinajstić information content (AvgIpc) is 3.30. The van der Waals surface area contributed by atoms with Gasteiger partial charge >= 0.3 is 6.18 Å². The van der Waals surface area contributed by atoms with Gasteiger partial charge in [0.1, 0.15) is 0 Å². The van der Waals surface area contributed by atoms with Crippen molar-refractivity contribution in [2.45, 2.75) is 37.8 Å². The lowest BCUT2D eigenvalue weighted by Crippen LogP contribution is -2.38. The van der Waals surface area contributed by atoms with Crippen LogP contribution in [0.5, 0.6) is 0 Å². The van der Waals surface area contributed by atoms with E-state index >= 15 is 0 Å². The first-order valence-corrected chi connectivity index (χ1v) is 8.98. The van der Waals surface area contributed by atoms with Crippen molar-refractivity contribution in [3.05, 3.63) is 34.9 Å². The molecule has 3 aliphatic rings. The van der Waals surface area contributed by atoms with E-state index in [2.05, 4.69) is 10.2 Å². The van der Waals surface area contributed by atoms with Crippen LogP contribution in [0.25, 0.3) is 0 Å². The normalized spacial score (nSPS) is 26.7. The minimum atomic E-state index is -4.44. The van der Waals surface area contributed by atoms with Gasteiger partial charge in [0.05, 0.1) is 24.4 Å². The fourth-order valence-corrected chi connectivity index (χ4v) is 4.06. The summed E-state index contributed by atoms with van der Waals surface area (Å²) in [6, 6.07) is 3.83. The second-order valence-corrected chi connectivity index (χ2v) is 7.21. The van der Waals surface area contributed by atoms with Crippen LogP contribution in [0.2, 0.25) is 0 Å². The van der Waals surface area contributed by atoms with Gasteiger partial charge in [0, 0.05) is 31.7 Å². The van der Waals surface area contributed by atoms with Gasteiger partial charge in [-0.15, -0.1) is 0 Å². The van der Waals surface area contributed by atoms with Gasteiger partial charge in [-0.05, 0) is 37.1 Å². The standard InChI is InChI=1S/C18H22F3N3O2/c19-18(20,21)16-3-1-2-14-15(16)10-24(17(14)25)11-23-7-5-13(9-23)26-12-4-6-22-8-12/h1-3,12-13,22H,4-11H2/t12-,13+/m0/s1. The number of fused-ring (bicyclic) bond motifs is 1. The molecule has 0 bridgehead atoms. The van der Waals surface area contributed by atoms with E-state index < -0.39 is 11.7 Å². The zero-order chi connectivity index (χ0) is 18.3. The molecule has 0 aliphatic carbocycles. The molecule has 5 nitrogen and oxygen atoms in total. The predicted octanol–water partition coefficient (Wildman–Crippen LogP) is 2.07. The van der Waals surface area contributed by atoms with Crippen LogP contribution < -0.4 is 5.32 Å². The lowest BCUT2D eigenvalue weighted by Gasteiger charge is -2.24. The van der Waals surface area contributed by atoms with Crippen molar-refractivity contribution in [3.63, 3.8) is 0 Å². The summed E-state index contributed by atoms with van der Waals surface area (Å²) in [5.74, 6) is -0.324. The van der Waals surface area contributed by atoms with E-state index in [-0.39, 0.29) is 35.8 Å². The molecule has 1 amide bonds. The second kappa shape index (κ2) is 6.83. The van der Waals surface area contributed by atoms with Gasteiger partial charge < -0.3 is 15.0 Å². The van der Waals surface area contributed by atoms with Crippen LogP contribution in [-0.4, -0.2) is 60.8 Å². The molecular formula is C18H22F3N3O2. The van der Waals surface area contributed by atoms with Gasteiger partial charge in [0.2, 0.25) is 0 Å². The highest BCUT2D eigenvalue weighted by atomic mass is 19.4. The molecule has 142 valence electrons. The quantitative estimate of drug-likeness (QED) is 0.883. The maximum Gasteiger partial charge on any atom is 0.416 e. The van der Waals surface area contributed by atoms with Crippen molar-refractivity contribution in [1.82, 2.24) is 15.1 Å². The first-order valence-electron chi connectivity index (χ1n) is 8.98. The van der Waals surface area contributed by atoms with Gasteiger partial charge in [0.25, 0.3) is 5.91 Å². The minimum Gasteiger partial charge on any atom is -0.372 e. The molecule has 0 spiro atoms. The van der Waals surface area contributed by atoms with Gasteiger partial charge in [-0.25, -0.2) is 0 Å². The number of nitrogens with zero attached hydrogens (tertiary/aromatic N) is 2. The zero-order valence-electron chi connectivity index (χ0n) is 14.4. The number of halogens is 3. The summed E-state index contributed by atoms with van der Waals surface area (Å²) in [6.07, 6.45) is -2.17. The molecule has 1 aromatic rings. The SMILES string of the molecule is O=C1c2cccc(C(F)(F)F)c2CN1CN1CC[C@@H](O[C@H]2CCNC2)C1. The molecule has 3 aliphatic heterocycles. The van der Waals surface area contributed by atoms with Gasteiger partial charge in [-0.3, -0.25) is 9.69 Å². The van der Waals surface area contributed by atoms with Gasteiger partial charge in [-0.2, -0.15) is 13.2 Å². The van der Waals surface area contributed by atoms with Crippen LogP contribution in [0.1, 0.15) is 34.3 Å². The number of likely N-dealkylation sites (tertiary alicyclic amines) is 1. The third-order valence-corrected chi connectivity index (χ3v) is 5.35. The summed E-state index contributed by atoms with van der Waals surface area (Å²) in [5.41, 5.74) is -0.444. The highest BCUT2D eigenvalue weighted by Gasteiger charge is 2.40. The molecule has 3 heterocycles. The first-order chi connectivity index (χ1) is 12.4. The van der Waals surface area contributed by atoms with Crippen LogP contribution in [0, 0.1) is 0 Å². The summed E-state index contributed by atoms with van der Waals surface area (Å²) in [4.78, 5) is 16.1. The fraction of sp³-hybridized carbons (Fsp3) is 0.611. The van der Waals surface area contributed by atoms with Crippen LogP contribution in [0.3, 0.4) is 0 Å². The number of ether oxygens (including phenoxy) is 1. The Bertz CT molecular complexity index is 689. The molecule has 0 aromatic heterocycles. The summed E-state index contributed by atoms with van der Waals surface area (Å²) < 4.78 is 45.6. The predicted molar refractivity (Wildman–Crippen MR) is 88.5 cm³/mol. The summed E-state index contributed by atoms with van der Waals surface area (Å²) >= 11 is 0. The molecule has 0 unspecified atom stereocenters. The lowest BCUT2D eigenvalue weighted by atomic mass is 10.0. The fourth-order valence-electron chi connectivity index (χ4n) is 4.06. The highest BCUT2D eigenvalue weighted by Crippen LogP contribution is 2.37. The Balaban J connectivity index is 1.38. The van der Waals surface area contributed by atoms with Crippen LogP contribution >= 0.6 is 0 Å². The highest BCUT2D eigenvalue weighted by molar-refractivity contribution is 5.98. The summed E-state index contributed by atoms with van der Waals surface area (Å²) in [5, 5.41) is 3.27. The van der Waals surface area contributed by atoms with E-state index in [9.17, 15) is 18.0 Å². The van der Waals surface area contributed by atoms with Gasteiger partial charge in [-0.1, -0.05) is 6.07 Å². The number of benzene rings is 1. The molecule has 1 aromatic carbocycles. The monoisotopic (exact) mass is 369 g/mol. The van der Waals surface area contributed by atoms with Crippen LogP contribution in [0.15, 0.2) is 18.2 Å². The molecular weight excluding hydrogens is 347 g/mol. The molecule has 2 atom stereocenters. The third kappa shape index (κ3) is 3.45. The Labute approximate surface area is 150 Å². The van der Waals surface area contributed by atoms with Crippen molar-refractivity contribution in [2.75, 3.05) is 32.8 Å². The summed E-state index contributed by atoms with van der Waals surface area (Å²) in [6.45, 7) is 3.70. The first kappa shape index (κ1) is 17.8. The molecule has 26 heavy (non-hydrogen) atoms. The summed E-state index contributed by atoms with van der Waals surface area (Å²) in [7, 11) is 0. The molecule has 8 heteroatoms. The molecule has 1 N–H and O–H groups in total. The Morgan fingerprint density at radius 2 is 2.08 bits per heavy atom. The third-order valence-electron chi connectivity index (χ3n) is 5.35. The number of rotatable bonds is 4. The largest absolute Gasteiger partial charge is 0.416 e. The van der Waals surface area contributed by atoms with Crippen molar-refractivity contribution < 1.29 is 22.7 Å². The molecule has 0 saturated carbocycles. The molecule has 2 saturated heterocycles. The average molecular weight is 369 g/mol. The number of carbonyl (C=O) groups excluding carboxylic acids is 1. The smallest absolute Gasteiger partial charge is 0.372 e. The van der Waals surface area contributed by atoms with Crippen LogP contribution in [-0.2, 0) is 17.5 Å². The minimum absolute atomic E-state index is 0.0123. The van der Waals surface area contributed by atoms with Crippen molar-refractivity contribution in [2.24, 2.45) is 0 Å². The van der Waals surface area contributed by atoms with Crippen molar-refractivity contribution in [1.29, 1.82) is 0 Å². The number of nitrogens with one attached hydrogen (secondary N) is 1. The van der Waals surface area contributed by atoms with E-state index in [0.29, 0.717) is 13.2 Å². The Morgan fingerprint density at radius 3 is 2.81 bits per heavy atom. The van der Waals surface area contributed by atoms with E-state index in [1.165, 1.54) is 17.0 Å². The number of hydrogen-bond donors (Lipinski definition) is 1. The van der Waals surface area contributed by atoms with Crippen molar-refractivity contribution >= 4 is 5.91 Å². The number of carbonyl (C=O) groups is 1. The molecule has 4 rings (SSSR count). The van der Waals surface area contributed by atoms with Gasteiger partial charge in [0.15, 0.2) is 0 Å². The zero-order valence-corrected chi connectivity index (χ0v) is 14.4. The number of alkyl halides is 3. The van der Waals surface area contributed by atoms with E-state index in [4.69, 9.17) is 4.74 Å².